The fourth-order valence-corrected chi connectivity index (χ4v) is 3.22. The first kappa shape index (κ1) is 14.6. The second kappa shape index (κ2) is 6.62. The first-order valence-electron chi connectivity index (χ1n) is 7.53. The maximum absolute atomic E-state index is 10.9. The molecular weight excluding hydrogens is 276 g/mol. The molecule has 3 rings (SSSR count). The number of benzene rings is 2. The Kier molecular flexibility index (Phi) is 4.39. The molecule has 3 N–H and O–H groups in total. The van der Waals surface area contributed by atoms with Gasteiger partial charge in [0.2, 0.25) is 0 Å². The van der Waals surface area contributed by atoms with Crippen molar-refractivity contribution in [1.29, 1.82) is 0 Å². The van der Waals surface area contributed by atoms with Crippen LogP contribution in [0, 0.1) is 0 Å². The highest BCUT2D eigenvalue weighted by atomic mass is 16.6. The maximum Gasteiger partial charge on any atom is 0.404 e. The molecule has 1 heterocycles. The molecule has 0 aliphatic carbocycles. The van der Waals surface area contributed by atoms with E-state index >= 15 is 0 Å². The van der Waals surface area contributed by atoms with Crippen LogP contribution in [0.2, 0.25) is 0 Å². The number of hydrogen-bond donors (Lipinski definition) is 2. The van der Waals surface area contributed by atoms with Crippen LogP contribution in [0.3, 0.4) is 0 Å². The van der Waals surface area contributed by atoms with Crippen molar-refractivity contribution in [2.24, 2.45) is 5.73 Å². The summed E-state index contributed by atoms with van der Waals surface area (Å²) in [5.74, 6) is 0.226. The van der Waals surface area contributed by atoms with Gasteiger partial charge >= 0.3 is 6.09 Å². The molecule has 4 nitrogen and oxygen atoms in total. The normalized spacial score (nSPS) is 21.0. The Morgan fingerprint density at radius 1 is 1.05 bits per heavy atom. The Bertz CT molecular complexity index is 576. The molecule has 2 atom stereocenters. The highest BCUT2D eigenvalue weighted by Gasteiger charge is 2.33. The number of ether oxygens (including phenoxy) is 1. The number of nitrogens with one attached hydrogen (secondary N) is 1. The van der Waals surface area contributed by atoms with E-state index in [0.29, 0.717) is 6.54 Å². The molecule has 2 aromatic carbocycles. The van der Waals surface area contributed by atoms with Crippen LogP contribution in [-0.2, 0) is 4.74 Å². The smallest absolute Gasteiger partial charge is 0.404 e. The lowest BCUT2D eigenvalue weighted by Gasteiger charge is -2.25. The van der Waals surface area contributed by atoms with Crippen LogP contribution in [-0.4, -0.2) is 24.8 Å². The monoisotopic (exact) mass is 296 g/mol. The first-order valence-corrected chi connectivity index (χ1v) is 7.53. The quantitative estimate of drug-likeness (QED) is 0.911. The number of primary amides is 1. The molecule has 1 saturated heterocycles. The lowest BCUT2D eigenvalue weighted by molar-refractivity contribution is 0.115. The van der Waals surface area contributed by atoms with Crippen molar-refractivity contribution in [3.8, 4) is 0 Å². The van der Waals surface area contributed by atoms with Crippen LogP contribution in [0.4, 0.5) is 4.79 Å². The second-order valence-corrected chi connectivity index (χ2v) is 5.61. The minimum Gasteiger partial charge on any atom is -0.445 e. The number of amides is 1. The van der Waals surface area contributed by atoms with Gasteiger partial charge in [-0.05, 0) is 11.1 Å². The van der Waals surface area contributed by atoms with Gasteiger partial charge in [-0.15, -0.1) is 0 Å². The van der Waals surface area contributed by atoms with Crippen LogP contribution in [0.5, 0.6) is 0 Å². The van der Waals surface area contributed by atoms with Gasteiger partial charge in [0, 0.05) is 24.9 Å². The van der Waals surface area contributed by atoms with E-state index in [1.54, 1.807) is 0 Å². The zero-order chi connectivity index (χ0) is 15.4. The van der Waals surface area contributed by atoms with E-state index in [4.69, 9.17) is 10.5 Å². The van der Waals surface area contributed by atoms with Gasteiger partial charge in [0.15, 0.2) is 0 Å². The molecule has 2 aromatic rings. The zero-order valence-corrected chi connectivity index (χ0v) is 12.3. The van der Waals surface area contributed by atoms with Crippen molar-refractivity contribution in [2.75, 3.05) is 6.54 Å². The van der Waals surface area contributed by atoms with Crippen LogP contribution < -0.4 is 11.1 Å². The molecule has 0 unspecified atom stereocenters. The predicted octanol–water partition coefficient (Wildman–Crippen LogP) is 2.64. The number of hydrogen-bond acceptors (Lipinski definition) is 3. The molecular formula is C18H20N2O2. The van der Waals surface area contributed by atoms with E-state index in [0.717, 1.165) is 6.42 Å². The highest BCUT2D eigenvalue weighted by molar-refractivity contribution is 5.64. The summed E-state index contributed by atoms with van der Waals surface area (Å²) in [5, 5.41) is 3.48. The Morgan fingerprint density at radius 3 is 2.09 bits per heavy atom. The fraction of sp³-hybridized carbons (Fsp3) is 0.278. The standard InChI is InChI=1S/C18H20N2O2/c19-18(21)22-15-11-16(20-12-15)17(13-7-3-1-4-8-13)14-9-5-2-6-10-14/h1-10,15-17,20H,11-12H2,(H2,19,21)/t15-,16+/m1/s1. The Labute approximate surface area is 130 Å². The molecule has 4 heteroatoms. The van der Waals surface area contributed by atoms with Crippen molar-refractivity contribution >= 4 is 6.09 Å². The predicted molar refractivity (Wildman–Crippen MR) is 85.6 cm³/mol. The fourth-order valence-electron chi connectivity index (χ4n) is 3.22. The molecule has 0 saturated carbocycles. The topological polar surface area (TPSA) is 64.4 Å². The number of carbonyl (C=O) groups is 1. The molecule has 114 valence electrons. The zero-order valence-electron chi connectivity index (χ0n) is 12.3. The molecule has 22 heavy (non-hydrogen) atoms. The number of carbonyl (C=O) groups excluding carboxylic acids is 1. The third-order valence-electron chi connectivity index (χ3n) is 4.13. The minimum absolute atomic E-state index is 0.155. The highest BCUT2D eigenvalue weighted by Crippen LogP contribution is 2.32. The summed E-state index contributed by atoms with van der Waals surface area (Å²) in [6, 6.07) is 21.0. The van der Waals surface area contributed by atoms with Gasteiger partial charge in [-0.25, -0.2) is 4.79 Å². The van der Waals surface area contributed by atoms with Crippen molar-refractivity contribution in [1.82, 2.24) is 5.32 Å². The molecule has 1 fully saturated rings. The van der Waals surface area contributed by atoms with E-state index in [1.165, 1.54) is 11.1 Å². The van der Waals surface area contributed by atoms with E-state index < -0.39 is 6.09 Å². The van der Waals surface area contributed by atoms with Crippen molar-refractivity contribution in [3.63, 3.8) is 0 Å². The van der Waals surface area contributed by atoms with E-state index in [-0.39, 0.29) is 18.1 Å². The average Bonchev–Trinajstić information content (AvgIpc) is 2.97. The third-order valence-corrected chi connectivity index (χ3v) is 4.13. The number of rotatable bonds is 4. The van der Waals surface area contributed by atoms with Gasteiger partial charge in [0.1, 0.15) is 6.10 Å². The van der Waals surface area contributed by atoms with Crippen LogP contribution in [0.1, 0.15) is 23.5 Å². The summed E-state index contributed by atoms with van der Waals surface area (Å²) in [6.45, 7) is 0.643. The molecule has 0 spiro atoms. The van der Waals surface area contributed by atoms with Crippen molar-refractivity contribution in [2.45, 2.75) is 24.5 Å². The SMILES string of the molecule is NC(=O)O[C@H]1CN[C@H](C(c2ccccc2)c2ccccc2)C1. The molecule has 1 amide bonds. The maximum atomic E-state index is 10.9. The summed E-state index contributed by atoms with van der Waals surface area (Å²) < 4.78 is 5.14. The lowest BCUT2D eigenvalue weighted by Crippen LogP contribution is -2.29. The average molecular weight is 296 g/mol. The summed E-state index contributed by atoms with van der Waals surface area (Å²) >= 11 is 0. The molecule has 0 aromatic heterocycles. The van der Waals surface area contributed by atoms with Crippen LogP contribution >= 0.6 is 0 Å². The van der Waals surface area contributed by atoms with Gasteiger partial charge in [-0.2, -0.15) is 0 Å². The van der Waals surface area contributed by atoms with E-state index in [9.17, 15) is 4.79 Å². The van der Waals surface area contributed by atoms with Gasteiger partial charge in [0.05, 0.1) is 0 Å². The Morgan fingerprint density at radius 2 is 1.59 bits per heavy atom. The Balaban J connectivity index is 1.86. The number of nitrogens with two attached hydrogens (primary N) is 1. The first-order chi connectivity index (χ1) is 10.7. The summed E-state index contributed by atoms with van der Waals surface area (Å²) in [7, 11) is 0. The Hall–Kier alpha value is -2.33. The van der Waals surface area contributed by atoms with E-state index in [1.807, 2.05) is 12.1 Å². The second-order valence-electron chi connectivity index (χ2n) is 5.61. The molecule has 0 bridgehead atoms. The van der Waals surface area contributed by atoms with Gasteiger partial charge in [-0.3, -0.25) is 0 Å². The third kappa shape index (κ3) is 3.28. The lowest BCUT2D eigenvalue weighted by atomic mass is 9.84. The summed E-state index contributed by atoms with van der Waals surface area (Å²) in [5.41, 5.74) is 7.64. The van der Waals surface area contributed by atoms with Gasteiger partial charge in [-0.1, -0.05) is 60.7 Å². The van der Waals surface area contributed by atoms with Crippen LogP contribution in [0.25, 0.3) is 0 Å². The van der Waals surface area contributed by atoms with Gasteiger partial charge < -0.3 is 15.8 Å². The minimum atomic E-state index is -0.705. The molecule has 1 aliphatic rings. The molecule has 0 radical (unpaired) electrons. The largest absolute Gasteiger partial charge is 0.445 e. The summed E-state index contributed by atoms with van der Waals surface area (Å²) in [4.78, 5) is 10.9. The van der Waals surface area contributed by atoms with E-state index in [2.05, 4.69) is 53.8 Å². The summed E-state index contributed by atoms with van der Waals surface area (Å²) in [6.07, 6.45) is -0.0990. The van der Waals surface area contributed by atoms with Gasteiger partial charge in [0.25, 0.3) is 0 Å². The van der Waals surface area contributed by atoms with Crippen LogP contribution in [0.15, 0.2) is 60.7 Å². The van der Waals surface area contributed by atoms with Crippen molar-refractivity contribution < 1.29 is 9.53 Å². The van der Waals surface area contributed by atoms with Crippen molar-refractivity contribution in [3.05, 3.63) is 71.8 Å². The molecule has 1 aliphatic heterocycles.